The van der Waals surface area contributed by atoms with Crippen LogP contribution in [0.5, 0.6) is 0 Å². The summed E-state index contributed by atoms with van der Waals surface area (Å²) in [5.74, 6) is -0.344. The zero-order chi connectivity index (χ0) is 15.2. The van der Waals surface area contributed by atoms with Crippen LogP contribution in [0.1, 0.15) is 26.5 Å². The lowest BCUT2D eigenvalue weighted by molar-refractivity contribution is -0.148. The maximum Gasteiger partial charge on any atom is 0.317 e. The number of anilines is 1. The minimum absolute atomic E-state index is 0.0837. The van der Waals surface area contributed by atoms with Crippen LogP contribution in [0.2, 0.25) is 0 Å². The average molecular weight is 292 g/mol. The SMILES string of the molecule is CCOC(=O)C(C)(C)c1csc(N(CC#N)CC#N)n1. The Morgan fingerprint density at radius 1 is 1.45 bits per heavy atom. The van der Waals surface area contributed by atoms with E-state index in [1.807, 2.05) is 12.1 Å². The van der Waals surface area contributed by atoms with Crippen molar-refractivity contribution in [2.45, 2.75) is 26.2 Å². The standard InChI is InChI=1S/C13H16N4O2S/c1-4-19-11(18)13(2,3)10-9-20-12(16-10)17(7-5-14)8-6-15/h9H,4,7-8H2,1-3H3. The largest absolute Gasteiger partial charge is 0.465 e. The van der Waals surface area contributed by atoms with Crippen LogP contribution < -0.4 is 4.90 Å². The van der Waals surface area contributed by atoms with E-state index in [9.17, 15) is 4.79 Å². The molecule has 0 aromatic carbocycles. The van der Waals surface area contributed by atoms with Crippen LogP contribution in [0.3, 0.4) is 0 Å². The molecule has 6 nitrogen and oxygen atoms in total. The molecule has 0 aliphatic carbocycles. The van der Waals surface area contributed by atoms with Gasteiger partial charge in [0.1, 0.15) is 18.5 Å². The van der Waals surface area contributed by atoms with E-state index in [0.717, 1.165) is 0 Å². The van der Waals surface area contributed by atoms with E-state index >= 15 is 0 Å². The number of esters is 1. The molecule has 106 valence electrons. The number of hydrogen-bond acceptors (Lipinski definition) is 7. The Morgan fingerprint density at radius 3 is 2.55 bits per heavy atom. The van der Waals surface area contributed by atoms with E-state index in [0.29, 0.717) is 17.4 Å². The minimum Gasteiger partial charge on any atom is -0.465 e. The Labute approximate surface area is 122 Å². The molecule has 0 amide bonds. The summed E-state index contributed by atoms with van der Waals surface area (Å²) in [7, 11) is 0. The number of nitrogens with zero attached hydrogens (tertiary/aromatic N) is 4. The topological polar surface area (TPSA) is 90.0 Å². The third-order valence-electron chi connectivity index (χ3n) is 2.71. The van der Waals surface area contributed by atoms with Crippen LogP contribution in [0.25, 0.3) is 0 Å². The van der Waals surface area contributed by atoms with Gasteiger partial charge in [0.2, 0.25) is 0 Å². The van der Waals surface area contributed by atoms with Gasteiger partial charge in [-0.15, -0.1) is 11.3 Å². The van der Waals surface area contributed by atoms with Gasteiger partial charge in [0.15, 0.2) is 5.13 Å². The quantitative estimate of drug-likeness (QED) is 0.587. The first-order valence-corrected chi connectivity index (χ1v) is 6.97. The van der Waals surface area contributed by atoms with Crippen molar-refractivity contribution in [1.29, 1.82) is 10.5 Å². The van der Waals surface area contributed by atoms with Gasteiger partial charge >= 0.3 is 5.97 Å². The lowest BCUT2D eigenvalue weighted by Gasteiger charge is -2.20. The fourth-order valence-corrected chi connectivity index (χ4v) is 2.47. The predicted molar refractivity (Wildman–Crippen MR) is 75.2 cm³/mol. The minimum atomic E-state index is -0.851. The van der Waals surface area contributed by atoms with Gasteiger partial charge in [0.05, 0.1) is 24.4 Å². The van der Waals surface area contributed by atoms with E-state index in [-0.39, 0.29) is 19.1 Å². The Kier molecular flexibility index (Phi) is 5.48. The molecule has 0 unspecified atom stereocenters. The van der Waals surface area contributed by atoms with Crippen molar-refractivity contribution in [2.24, 2.45) is 0 Å². The summed E-state index contributed by atoms with van der Waals surface area (Å²) in [6.07, 6.45) is 0. The Bertz CT molecular complexity index is 537. The van der Waals surface area contributed by atoms with Gasteiger partial charge in [-0.25, -0.2) is 4.98 Å². The molecule has 1 rings (SSSR count). The molecule has 1 aromatic heterocycles. The molecule has 0 atom stereocenters. The molecule has 0 saturated carbocycles. The maximum absolute atomic E-state index is 11.9. The second kappa shape index (κ2) is 6.88. The fourth-order valence-electron chi connectivity index (χ4n) is 1.47. The number of ether oxygens (including phenoxy) is 1. The van der Waals surface area contributed by atoms with E-state index in [4.69, 9.17) is 15.3 Å². The third kappa shape index (κ3) is 3.46. The van der Waals surface area contributed by atoms with Crippen molar-refractivity contribution in [3.63, 3.8) is 0 Å². The first kappa shape index (κ1) is 15.9. The summed E-state index contributed by atoms with van der Waals surface area (Å²) in [5.41, 5.74) is -0.271. The van der Waals surface area contributed by atoms with Crippen LogP contribution in [-0.4, -0.2) is 30.6 Å². The van der Waals surface area contributed by atoms with Crippen molar-refractivity contribution in [3.8, 4) is 12.1 Å². The van der Waals surface area contributed by atoms with Crippen molar-refractivity contribution in [1.82, 2.24) is 4.98 Å². The molecule has 0 N–H and O–H groups in total. The van der Waals surface area contributed by atoms with E-state index in [1.54, 1.807) is 31.1 Å². The molecule has 0 aliphatic heterocycles. The van der Waals surface area contributed by atoms with Crippen molar-refractivity contribution < 1.29 is 9.53 Å². The summed E-state index contributed by atoms with van der Waals surface area (Å²) in [4.78, 5) is 17.8. The first-order chi connectivity index (χ1) is 9.47. The highest BCUT2D eigenvalue weighted by Gasteiger charge is 2.34. The zero-order valence-corrected chi connectivity index (χ0v) is 12.5. The molecule has 1 heterocycles. The zero-order valence-electron chi connectivity index (χ0n) is 11.7. The number of hydrogen-bond donors (Lipinski definition) is 0. The van der Waals surface area contributed by atoms with Crippen LogP contribution in [0.4, 0.5) is 5.13 Å². The lowest BCUT2D eigenvalue weighted by Crippen LogP contribution is -2.32. The highest BCUT2D eigenvalue weighted by molar-refractivity contribution is 7.13. The van der Waals surface area contributed by atoms with Gasteiger partial charge in [-0.3, -0.25) is 4.79 Å². The molecule has 7 heteroatoms. The molecule has 0 fully saturated rings. The van der Waals surface area contributed by atoms with Gasteiger partial charge in [-0.1, -0.05) is 0 Å². The summed E-state index contributed by atoms with van der Waals surface area (Å²) < 4.78 is 5.03. The average Bonchev–Trinajstić information content (AvgIpc) is 2.89. The smallest absolute Gasteiger partial charge is 0.317 e. The summed E-state index contributed by atoms with van der Waals surface area (Å²) in [6, 6.07) is 3.98. The maximum atomic E-state index is 11.9. The summed E-state index contributed by atoms with van der Waals surface area (Å²) in [6.45, 7) is 5.71. The summed E-state index contributed by atoms with van der Waals surface area (Å²) >= 11 is 1.30. The van der Waals surface area contributed by atoms with Crippen molar-refractivity contribution in [2.75, 3.05) is 24.6 Å². The highest BCUT2D eigenvalue weighted by Crippen LogP contribution is 2.30. The molecule has 0 radical (unpaired) electrons. The molecule has 20 heavy (non-hydrogen) atoms. The Morgan fingerprint density at radius 2 is 2.05 bits per heavy atom. The molecule has 0 saturated heterocycles. The Hall–Kier alpha value is -2.12. The lowest BCUT2D eigenvalue weighted by atomic mass is 9.90. The van der Waals surface area contributed by atoms with Crippen molar-refractivity contribution in [3.05, 3.63) is 11.1 Å². The van der Waals surface area contributed by atoms with Crippen LogP contribution >= 0.6 is 11.3 Å². The number of aromatic nitrogens is 1. The molecular formula is C13H16N4O2S. The van der Waals surface area contributed by atoms with E-state index in [1.165, 1.54) is 11.3 Å². The van der Waals surface area contributed by atoms with Crippen LogP contribution in [-0.2, 0) is 14.9 Å². The van der Waals surface area contributed by atoms with Gasteiger partial charge in [-0.05, 0) is 20.8 Å². The fraction of sp³-hybridized carbons (Fsp3) is 0.538. The number of nitriles is 2. The molecule has 0 aliphatic rings. The van der Waals surface area contributed by atoms with Gasteiger partial charge < -0.3 is 9.64 Å². The number of thiazole rings is 1. The summed E-state index contributed by atoms with van der Waals surface area (Å²) in [5, 5.41) is 19.8. The van der Waals surface area contributed by atoms with Gasteiger partial charge in [-0.2, -0.15) is 10.5 Å². The molecule has 0 spiro atoms. The van der Waals surface area contributed by atoms with E-state index in [2.05, 4.69) is 4.98 Å². The number of carbonyl (C=O) groups is 1. The second-order valence-corrected chi connectivity index (χ2v) is 5.37. The predicted octanol–water partition coefficient (Wildman–Crippen LogP) is 1.84. The molecule has 1 aromatic rings. The van der Waals surface area contributed by atoms with Crippen LogP contribution in [0.15, 0.2) is 5.38 Å². The first-order valence-electron chi connectivity index (χ1n) is 6.09. The van der Waals surface area contributed by atoms with Crippen molar-refractivity contribution >= 4 is 22.4 Å². The normalized spacial score (nSPS) is 10.4. The highest BCUT2D eigenvalue weighted by atomic mass is 32.1. The number of carbonyl (C=O) groups excluding carboxylic acids is 1. The molecular weight excluding hydrogens is 276 g/mol. The van der Waals surface area contributed by atoms with Crippen LogP contribution in [0, 0.1) is 22.7 Å². The molecule has 0 bridgehead atoms. The van der Waals surface area contributed by atoms with Gasteiger partial charge in [0.25, 0.3) is 0 Å². The Balaban J connectivity index is 2.99. The second-order valence-electron chi connectivity index (χ2n) is 4.53. The van der Waals surface area contributed by atoms with Gasteiger partial charge in [0, 0.05) is 5.38 Å². The van der Waals surface area contributed by atoms with E-state index < -0.39 is 5.41 Å². The monoisotopic (exact) mass is 292 g/mol. The number of rotatable bonds is 6. The third-order valence-corrected chi connectivity index (χ3v) is 3.61.